The van der Waals surface area contributed by atoms with Crippen LogP contribution in [0.15, 0.2) is 122 Å². The van der Waals surface area contributed by atoms with Crippen molar-refractivity contribution < 1.29 is 28.6 Å². The Bertz CT molecular complexity index is 1440. The number of esters is 3. The average Bonchev–Trinajstić information content (AvgIpc) is 3.33. The number of hydrogen-bond acceptors (Lipinski definition) is 6. The Morgan fingerprint density at radius 1 is 0.313 bits per heavy atom. The van der Waals surface area contributed by atoms with E-state index in [4.69, 9.17) is 14.2 Å². The maximum atomic E-state index is 12.8. The van der Waals surface area contributed by atoms with Crippen LogP contribution in [0.1, 0.15) is 226 Å². The first-order chi connectivity index (χ1) is 33.0. The van der Waals surface area contributed by atoms with Crippen LogP contribution in [-0.2, 0) is 28.6 Å². The predicted molar refractivity (Wildman–Crippen MR) is 288 cm³/mol. The van der Waals surface area contributed by atoms with Crippen LogP contribution in [0.4, 0.5) is 0 Å². The summed E-state index contributed by atoms with van der Waals surface area (Å²) >= 11 is 0. The molecular weight excluding hydrogens is 829 g/mol. The maximum absolute atomic E-state index is 12.8. The molecule has 0 aromatic carbocycles. The van der Waals surface area contributed by atoms with E-state index in [1.165, 1.54) is 51.4 Å². The van der Waals surface area contributed by atoms with Crippen LogP contribution in [0, 0.1) is 0 Å². The number of carbonyl (C=O) groups excluding carboxylic acids is 3. The lowest BCUT2D eigenvalue weighted by Crippen LogP contribution is -2.30. The van der Waals surface area contributed by atoms with Gasteiger partial charge in [-0.15, -0.1) is 0 Å². The molecule has 0 aliphatic carbocycles. The van der Waals surface area contributed by atoms with E-state index in [2.05, 4.69) is 142 Å². The molecular formula is C61H98O6. The Balaban J connectivity index is 4.46. The summed E-state index contributed by atoms with van der Waals surface area (Å²) in [5.74, 6) is -0.979. The van der Waals surface area contributed by atoms with Gasteiger partial charge in [0.05, 0.1) is 0 Å². The molecule has 0 heterocycles. The zero-order valence-corrected chi connectivity index (χ0v) is 43.1. The molecule has 0 bridgehead atoms. The molecule has 0 rings (SSSR count). The third-order valence-corrected chi connectivity index (χ3v) is 11.0. The number of carbonyl (C=O) groups is 3. The van der Waals surface area contributed by atoms with Crippen LogP contribution in [0.25, 0.3) is 0 Å². The summed E-state index contributed by atoms with van der Waals surface area (Å²) in [5.41, 5.74) is 0. The van der Waals surface area contributed by atoms with Gasteiger partial charge >= 0.3 is 17.9 Å². The van der Waals surface area contributed by atoms with Gasteiger partial charge in [-0.05, 0) is 109 Å². The fourth-order valence-corrected chi connectivity index (χ4v) is 6.96. The monoisotopic (exact) mass is 927 g/mol. The highest BCUT2D eigenvalue weighted by atomic mass is 16.6. The molecule has 0 fully saturated rings. The Labute approximate surface area is 412 Å². The highest BCUT2D eigenvalue weighted by Gasteiger charge is 2.19. The lowest BCUT2D eigenvalue weighted by Gasteiger charge is -2.18. The standard InChI is InChI=1S/C61H98O6/c1-4-7-10-13-16-19-22-24-26-27-28-29-30-31-32-33-35-36-39-42-45-48-51-54-60(63)66-57-58(56-65-59(62)53-50-47-44-41-38-21-18-15-12-9-6-3)67-61(64)55-52-49-46-43-40-37-34-25-23-20-17-14-11-8-5-2/h7-8,10-11,16-17,19-20,24-26,28-29,31-32,34-36,40,43,58H,4-6,9,12-15,18,21-23,27,30,33,37-39,41-42,44-57H2,1-3H3/b10-7-,11-8-,19-16-,20-17-,26-24-,29-28-,32-31-,34-25-,36-35-,43-40-. The number of rotatable bonds is 47. The molecule has 0 aromatic rings. The first-order valence-corrected chi connectivity index (χ1v) is 27.0. The lowest BCUT2D eigenvalue weighted by atomic mass is 10.1. The van der Waals surface area contributed by atoms with Crippen molar-refractivity contribution in [3.05, 3.63) is 122 Å². The van der Waals surface area contributed by atoms with Gasteiger partial charge in [0.25, 0.3) is 0 Å². The van der Waals surface area contributed by atoms with E-state index in [1.807, 2.05) is 0 Å². The maximum Gasteiger partial charge on any atom is 0.306 e. The van der Waals surface area contributed by atoms with E-state index in [9.17, 15) is 14.4 Å². The molecule has 0 amide bonds. The third-order valence-electron chi connectivity index (χ3n) is 11.0. The summed E-state index contributed by atoms with van der Waals surface area (Å²) in [6, 6.07) is 0. The topological polar surface area (TPSA) is 78.9 Å². The van der Waals surface area contributed by atoms with Gasteiger partial charge in [0.1, 0.15) is 13.2 Å². The number of unbranched alkanes of at least 4 members (excludes halogenated alkanes) is 16. The van der Waals surface area contributed by atoms with Gasteiger partial charge in [-0.1, -0.05) is 219 Å². The van der Waals surface area contributed by atoms with Crippen LogP contribution in [0.5, 0.6) is 0 Å². The second-order valence-electron chi connectivity index (χ2n) is 17.4. The number of allylic oxidation sites excluding steroid dienone is 20. The van der Waals surface area contributed by atoms with Crippen LogP contribution in [-0.4, -0.2) is 37.2 Å². The Morgan fingerprint density at radius 2 is 0.582 bits per heavy atom. The second kappa shape index (κ2) is 54.4. The van der Waals surface area contributed by atoms with Gasteiger partial charge in [-0.25, -0.2) is 0 Å². The summed E-state index contributed by atoms with van der Waals surface area (Å²) in [5, 5.41) is 0. The SMILES string of the molecule is CC/C=C\C/C=C\C/C=C\C/C=C\C/C=C\C/C=C\CCCCCCC(=O)OCC(COC(=O)CCCCCCCCCCCCC)OC(=O)CCCC/C=C\C/C=C\C/C=C\C/C=C\CC. The van der Waals surface area contributed by atoms with Crippen molar-refractivity contribution in [1.82, 2.24) is 0 Å². The summed E-state index contributed by atoms with van der Waals surface area (Å²) in [6.45, 7) is 6.33. The first kappa shape index (κ1) is 62.8. The molecule has 1 atom stereocenters. The number of hydrogen-bond donors (Lipinski definition) is 0. The molecule has 0 spiro atoms. The highest BCUT2D eigenvalue weighted by molar-refractivity contribution is 5.71. The second-order valence-corrected chi connectivity index (χ2v) is 17.4. The van der Waals surface area contributed by atoms with Crippen LogP contribution in [0.2, 0.25) is 0 Å². The average molecular weight is 927 g/mol. The minimum Gasteiger partial charge on any atom is -0.462 e. The summed E-state index contributed by atoms with van der Waals surface area (Å²) in [6.07, 6.45) is 74.7. The summed E-state index contributed by atoms with van der Waals surface area (Å²) < 4.78 is 16.7. The van der Waals surface area contributed by atoms with E-state index < -0.39 is 6.10 Å². The van der Waals surface area contributed by atoms with Crippen molar-refractivity contribution in [2.24, 2.45) is 0 Å². The van der Waals surface area contributed by atoms with E-state index in [1.54, 1.807) is 0 Å². The zero-order chi connectivity index (χ0) is 48.6. The largest absolute Gasteiger partial charge is 0.462 e. The van der Waals surface area contributed by atoms with Gasteiger partial charge in [0.2, 0.25) is 0 Å². The molecule has 6 nitrogen and oxygen atoms in total. The molecule has 0 saturated carbocycles. The normalized spacial score (nSPS) is 13.1. The Kier molecular flexibility index (Phi) is 51.0. The molecule has 0 saturated heterocycles. The van der Waals surface area contributed by atoms with Gasteiger partial charge in [-0.3, -0.25) is 14.4 Å². The smallest absolute Gasteiger partial charge is 0.306 e. The first-order valence-electron chi connectivity index (χ1n) is 27.0. The van der Waals surface area contributed by atoms with Crippen LogP contribution >= 0.6 is 0 Å². The number of ether oxygens (including phenoxy) is 3. The molecule has 0 N–H and O–H groups in total. The highest BCUT2D eigenvalue weighted by Crippen LogP contribution is 2.14. The van der Waals surface area contributed by atoms with Crippen LogP contribution in [0.3, 0.4) is 0 Å². The van der Waals surface area contributed by atoms with Crippen molar-refractivity contribution in [2.45, 2.75) is 232 Å². The fourth-order valence-electron chi connectivity index (χ4n) is 6.96. The molecule has 0 aromatic heterocycles. The summed E-state index contributed by atoms with van der Waals surface area (Å²) in [7, 11) is 0. The Hall–Kier alpha value is -4.19. The summed E-state index contributed by atoms with van der Waals surface area (Å²) in [4.78, 5) is 38.0. The van der Waals surface area contributed by atoms with Gasteiger partial charge in [0, 0.05) is 19.3 Å². The van der Waals surface area contributed by atoms with E-state index in [0.717, 1.165) is 128 Å². The van der Waals surface area contributed by atoms with E-state index in [0.29, 0.717) is 19.3 Å². The molecule has 378 valence electrons. The van der Waals surface area contributed by atoms with E-state index in [-0.39, 0.29) is 37.5 Å². The molecule has 0 aliphatic heterocycles. The van der Waals surface area contributed by atoms with Crippen molar-refractivity contribution in [3.8, 4) is 0 Å². The molecule has 6 heteroatoms. The predicted octanol–water partition coefficient (Wildman–Crippen LogP) is 18.1. The van der Waals surface area contributed by atoms with Crippen molar-refractivity contribution >= 4 is 17.9 Å². The van der Waals surface area contributed by atoms with Gasteiger partial charge < -0.3 is 14.2 Å². The van der Waals surface area contributed by atoms with Gasteiger partial charge in [0.15, 0.2) is 6.10 Å². The molecule has 0 aliphatic rings. The molecule has 0 radical (unpaired) electrons. The molecule has 67 heavy (non-hydrogen) atoms. The van der Waals surface area contributed by atoms with Crippen molar-refractivity contribution in [3.63, 3.8) is 0 Å². The minimum absolute atomic E-state index is 0.105. The lowest BCUT2D eigenvalue weighted by molar-refractivity contribution is -0.167. The van der Waals surface area contributed by atoms with Crippen molar-refractivity contribution in [2.75, 3.05) is 13.2 Å². The van der Waals surface area contributed by atoms with Crippen LogP contribution < -0.4 is 0 Å². The third kappa shape index (κ3) is 52.6. The quantitative estimate of drug-likeness (QED) is 0.0262. The molecule has 1 unspecified atom stereocenters. The fraction of sp³-hybridized carbons (Fsp3) is 0.623. The van der Waals surface area contributed by atoms with Crippen molar-refractivity contribution in [1.29, 1.82) is 0 Å². The Morgan fingerprint density at radius 3 is 0.940 bits per heavy atom. The van der Waals surface area contributed by atoms with E-state index >= 15 is 0 Å². The van der Waals surface area contributed by atoms with Gasteiger partial charge in [-0.2, -0.15) is 0 Å². The minimum atomic E-state index is -0.812. The zero-order valence-electron chi connectivity index (χ0n) is 43.1.